The van der Waals surface area contributed by atoms with E-state index in [0.717, 1.165) is 22.1 Å². The Balaban J connectivity index is 1.53. The van der Waals surface area contributed by atoms with E-state index >= 15 is 0 Å². The molecule has 0 atom stereocenters. The van der Waals surface area contributed by atoms with Gasteiger partial charge in [0.15, 0.2) is 5.16 Å². The van der Waals surface area contributed by atoms with Crippen LogP contribution in [0.15, 0.2) is 66.1 Å². The summed E-state index contributed by atoms with van der Waals surface area (Å²) in [4.78, 5) is 18.6. The fourth-order valence-corrected chi connectivity index (χ4v) is 3.50. The van der Waals surface area contributed by atoms with Crippen molar-refractivity contribution < 1.29 is 4.79 Å². The van der Waals surface area contributed by atoms with Crippen LogP contribution in [0.2, 0.25) is 5.02 Å². The second-order valence-electron chi connectivity index (χ2n) is 6.19. The molecule has 2 aromatic carbocycles. The average molecular weight is 401 g/mol. The molecule has 27 heavy (non-hydrogen) atoms. The van der Waals surface area contributed by atoms with Crippen LogP contribution in [0.4, 0.5) is 5.69 Å². The minimum atomic E-state index is -0.0302. The van der Waals surface area contributed by atoms with E-state index in [9.17, 15) is 4.79 Å². The molecule has 0 bridgehead atoms. The molecule has 7 heteroatoms. The zero-order valence-corrected chi connectivity index (χ0v) is 16.8. The topological polar surface area (TPSA) is 50.2 Å². The Kier molecular flexibility index (Phi) is 6.42. The molecular weight excluding hydrogens is 380 g/mol. The number of hydrogen-bond acceptors (Lipinski definition) is 4. The number of benzene rings is 2. The lowest BCUT2D eigenvalue weighted by molar-refractivity contribution is -0.118. The van der Waals surface area contributed by atoms with Crippen molar-refractivity contribution in [3.8, 4) is 5.69 Å². The number of hydrogen-bond donors (Lipinski definition) is 1. The summed E-state index contributed by atoms with van der Waals surface area (Å²) in [5, 5.41) is 4.36. The van der Waals surface area contributed by atoms with E-state index in [1.165, 1.54) is 11.8 Å². The van der Waals surface area contributed by atoms with Crippen molar-refractivity contribution in [3.63, 3.8) is 0 Å². The van der Waals surface area contributed by atoms with E-state index in [4.69, 9.17) is 11.6 Å². The van der Waals surface area contributed by atoms with Crippen molar-refractivity contribution in [2.45, 2.75) is 11.7 Å². The van der Waals surface area contributed by atoms with Crippen LogP contribution < -0.4 is 10.2 Å². The monoisotopic (exact) mass is 400 g/mol. The average Bonchev–Trinajstić information content (AvgIpc) is 3.13. The number of carbonyl (C=O) groups is 1. The number of imidazole rings is 1. The molecule has 0 aliphatic carbocycles. The number of amides is 1. The Bertz CT molecular complexity index is 908. The van der Waals surface area contributed by atoms with Gasteiger partial charge >= 0.3 is 0 Å². The normalized spacial score (nSPS) is 10.6. The summed E-state index contributed by atoms with van der Waals surface area (Å²) in [5.41, 5.74) is 3.12. The highest BCUT2D eigenvalue weighted by Gasteiger charge is 2.09. The number of thioether (sulfide) groups is 1. The third-order valence-corrected chi connectivity index (χ3v) is 5.17. The Labute approximate surface area is 168 Å². The van der Waals surface area contributed by atoms with Crippen molar-refractivity contribution >= 4 is 35.0 Å². The van der Waals surface area contributed by atoms with Crippen LogP contribution in [0.25, 0.3) is 5.69 Å². The van der Waals surface area contributed by atoms with Crippen LogP contribution in [0.1, 0.15) is 5.56 Å². The van der Waals surface area contributed by atoms with Crippen LogP contribution in [-0.4, -0.2) is 35.3 Å². The quantitative estimate of drug-likeness (QED) is 0.609. The minimum absolute atomic E-state index is 0.0302. The number of nitrogens with one attached hydrogen (secondary N) is 1. The molecule has 0 radical (unpaired) electrons. The van der Waals surface area contributed by atoms with Gasteiger partial charge in [-0.3, -0.25) is 9.36 Å². The van der Waals surface area contributed by atoms with Gasteiger partial charge in [0, 0.05) is 49.4 Å². The van der Waals surface area contributed by atoms with E-state index in [1.807, 2.05) is 78.3 Å². The van der Waals surface area contributed by atoms with Crippen LogP contribution in [0, 0.1) is 0 Å². The molecule has 0 saturated carbocycles. The molecule has 0 fully saturated rings. The van der Waals surface area contributed by atoms with Gasteiger partial charge < -0.3 is 10.2 Å². The van der Waals surface area contributed by atoms with Crippen molar-refractivity contribution in [2.24, 2.45) is 0 Å². The lowest BCUT2D eigenvalue weighted by Crippen LogP contribution is -2.24. The number of rotatable bonds is 7. The molecule has 0 aliphatic rings. The van der Waals surface area contributed by atoms with Crippen molar-refractivity contribution in [1.82, 2.24) is 14.9 Å². The summed E-state index contributed by atoms with van der Waals surface area (Å²) in [6.45, 7) is 0.510. The van der Waals surface area contributed by atoms with Gasteiger partial charge in [0.05, 0.1) is 5.75 Å². The van der Waals surface area contributed by atoms with Gasteiger partial charge in [0.1, 0.15) is 0 Å². The first-order valence-corrected chi connectivity index (χ1v) is 9.84. The summed E-state index contributed by atoms with van der Waals surface area (Å²) >= 11 is 7.45. The molecule has 3 rings (SSSR count). The van der Waals surface area contributed by atoms with Gasteiger partial charge in [-0.15, -0.1) is 0 Å². The summed E-state index contributed by atoms with van der Waals surface area (Å²) in [5.74, 6) is 0.269. The van der Waals surface area contributed by atoms with Gasteiger partial charge in [-0.2, -0.15) is 0 Å². The number of halogens is 1. The number of anilines is 1. The van der Waals surface area contributed by atoms with Crippen molar-refractivity contribution in [1.29, 1.82) is 0 Å². The SMILES string of the molecule is CN(C)c1ccc(CNC(=O)CSc2nccn2-c2cccc(Cl)c2)cc1. The molecule has 5 nitrogen and oxygen atoms in total. The van der Waals surface area contributed by atoms with E-state index in [2.05, 4.69) is 10.3 Å². The van der Waals surface area contributed by atoms with Gasteiger partial charge in [-0.25, -0.2) is 4.98 Å². The zero-order chi connectivity index (χ0) is 19.2. The molecule has 0 unspecified atom stereocenters. The summed E-state index contributed by atoms with van der Waals surface area (Å²) in [6, 6.07) is 15.7. The first-order valence-electron chi connectivity index (χ1n) is 8.48. The van der Waals surface area contributed by atoms with E-state index in [-0.39, 0.29) is 5.91 Å². The first-order chi connectivity index (χ1) is 13.0. The largest absolute Gasteiger partial charge is 0.378 e. The fraction of sp³-hybridized carbons (Fsp3) is 0.200. The molecule has 1 amide bonds. The molecule has 1 N–H and O–H groups in total. The fourth-order valence-electron chi connectivity index (χ4n) is 2.51. The zero-order valence-electron chi connectivity index (χ0n) is 15.2. The second-order valence-corrected chi connectivity index (χ2v) is 7.56. The molecule has 140 valence electrons. The Morgan fingerprint density at radius 2 is 2.00 bits per heavy atom. The van der Waals surface area contributed by atoms with Gasteiger partial charge in [0.2, 0.25) is 5.91 Å². The van der Waals surface area contributed by atoms with E-state index in [0.29, 0.717) is 17.3 Å². The highest BCUT2D eigenvalue weighted by atomic mass is 35.5. The minimum Gasteiger partial charge on any atom is -0.378 e. The van der Waals surface area contributed by atoms with Crippen molar-refractivity contribution in [2.75, 3.05) is 24.7 Å². The Morgan fingerprint density at radius 3 is 2.70 bits per heavy atom. The lowest BCUT2D eigenvalue weighted by atomic mass is 10.2. The highest BCUT2D eigenvalue weighted by Crippen LogP contribution is 2.22. The van der Waals surface area contributed by atoms with Crippen LogP contribution in [0.3, 0.4) is 0 Å². The van der Waals surface area contributed by atoms with Crippen molar-refractivity contribution in [3.05, 3.63) is 71.5 Å². The Morgan fingerprint density at radius 1 is 1.22 bits per heavy atom. The van der Waals surface area contributed by atoms with Gasteiger partial charge in [0.25, 0.3) is 0 Å². The van der Waals surface area contributed by atoms with Gasteiger partial charge in [-0.1, -0.05) is 41.6 Å². The maximum absolute atomic E-state index is 12.2. The van der Waals surface area contributed by atoms with Crippen LogP contribution in [-0.2, 0) is 11.3 Å². The van der Waals surface area contributed by atoms with Crippen LogP contribution >= 0.6 is 23.4 Å². The maximum atomic E-state index is 12.2. The molecule has 3 aromatic rings. The lowest BCUT2D eigenvalue weighted by Gasteiger charge is -2.13. The molecule has 0 spiro atoms. The smallest absolute Gasteiger partial charge is 0.230 e. The predicted molar refractivity (Wildman–Crippen MR) is 112 cm³/mol. The summed E-state index contributed by atoms with van der Waals surface area (Å²) in [7, 11) is 4.00. The number of nitrogens with zero attached hydrogens (tertiary/aromatic N) is 3. The molecule has 1 aromatic heterocycles. The number of aromatic nitrogens is 2. The molecule has 0 aliphatic heterocycles. The Hall–Kier alpha value is -2.44. The standard InChI is InChI=1S/C20H21ClN4OS/c1-24(2)17-8-6-15(7-9-17)13-23-19(26)14-27-20-22-10-11-25(20)18-5-3-4-16(21)12-18/h3-12H,13-14H2,1-2H3,(H,23,26). The summed E-state index contributed by atoms with van der Waals surface area (Å²) in [6.07, 6.45) is 3.58. The first kappa shape index (κ1) is 19.3. The van der Waals surface area contributed by atoms with E-state index in [1.54, 1.807) is 6.20 Å². The molecular formula is C20H21ClN4OS. The molecule has 0 saturated heterocycles. The van der Waals surface area contributed by atoms with Gasteiger partial charge in [-0.05, 0) is 35.9 Å². The highest BCUT2D eigenvalue weighted by molar-refractivity contribution is 7.99. The third kappa shape index (κ3) is 5.28. The summed E-state index contributed by atoms with van der Waals surface area (Å²) < 4.78 is 1.92. The maximum Gasteiger partial charge on any atom is 0.230 e. The third-order valence-electron chi connectivity index (χ3n) is 3.97. The van der Waals surface area contributed by atoms with E-state index < -0.39 is 0 Å². The number of carbonyl (C=O) groups excluding carboxylic acids is 1. The second kappa shape index (κ2) is 8.97. The molecule has 1 heterocycles. The predicted octanol–water partition coefficient (Wildman–Crippen LogP) is 4.00. The van der Waals surface area contributed by atoms with Crippen LogP contribution in [0.5, 0.6) is 0 Å².